The molecule has 0 atom stereocenters. The summed E-state index contributed by atoms with van der Waals surface area (Å²) in [6.07, 6.45) is 0. The Morgan fingerprint density at radius 2 is 1.95 bits per heavy atom. The van der Waals surface area contributed by atoms with Gasteiger partial charge in [0, 0.05) is 12.6 Å². The van der Waals surface area contributed by atoms with Crippen LogP contribution in [0.15, 0.2) is 36.4 Å². The van der Waals surface area contributed by atoms with E-state index in [1.165, 1.54) is 6.07 Å². The van der Waals surface area contributed by atoms with E-state index in [0.29, 0.717) is 15.6 Å². The summed E-state index contributed by atoms with van der Waals surface area (Å²) in [4.78, 5) is 10.6. The third kappa shape index (κ3) is 3.21. The van der Waals surface area contributed by atoms with Gasteiger partial charge in [-0.1, -0.05) is 35.3 Å². The van der Waals surface area contributed by atoms with Gasteiger partial charge in [-0.2, -0.15) is 0 Å². The maximum Gasteiger partial charge on any atom is 0.275 e. The monoisotopic (exact) mass is 310 g/mol. The van der Waals surface area contributed by atoms with Crippen molar-refractivity contribution in [3.05, 3.63) is 67.7 Å². The van der Waals surface area contributed by atoms with Crippen LogP contribution in [-0.4, -0.2) is 4.92 Å². The summed E-state index contributed by atoms with van der Waals surface area (Å²) in [6, 6.07) is 10.2. The van der Waals surface area contributed by atoms with Gasteiger partial charge in [-0.25, -0.2) is 0 Å². The molecule has 0 saturated heterocycles. The normalized spacial score (nSPS) is 10.3. The highest BCUT2D eigenvalue weighted by Crippen LogP contribution is 2.29. The number of anilines is 1. The predicted octanol–water partition coefficient (Wildman–Crippen LogP) is 4.82. The molecule has 0 amide bonds. The molecule has 0 aliphatic carbocycles. The number of hydrogen-bond acceptors (Lipinski definition) is 3. The van der Waals surface area contributed by atoms with E-state index in [4.69, 9.17) is 23.2 Å². The molecular formula is C14H12Cl2N2O2. The van der Waals surface area contributed by atoms with E-state index < -0.39 is 4.92 Å². The molecule has 0 fully saturated rings. The van der Waals surface area contributed by atoms with E-state index in [2.05, 4.69) is 5.32 Å². The van der Waals surface area contributed by atoms with Crippen molar-refractivity contribution in [2.45, 2.75) is 13.5 Å². The number of benzene rings is 2. The minimum absolute atomic E-state index is 0.00576. The van der Waals surface area contributed by atoms with Gasteiger partial charge in [-0.3, -0.25) is 10.1 Å². The topological polar surface area (TPSA) is 55.2 Å². The molecule has 0 bridgehead atoms. The smallest absolute Gasteiger partial charge is 0.275 e. The molecule has 2 rings (SSSR count). The first-order valence-electron chi connectivity index (χ1n) is 5.91. The summed E-state index contributed by atoms with van der Waals surface area (Å²) in [7, 11) is 0. The highest BCUT2D eigenvalue weighted by molar-refractivity contribution is 6.33. The Hall–Kier alpha value is -1.78. The third-order valence-corrected chi connectivity index (χ3v) is 3.55. The van der Waals surface area contributed by atoms with Crippen molar-refractivity contribution in [3.8, 4) is 0 Å². The fourth-order valence-corrected chi connectivity index (χ4v) is 2.27. The van der Waals surface area contributed by atoms with E-state index in [-0.39, 0.29) is 12.2 Å². The first kappa shape index (κ1) is 14.6. The molecule has 0 radical (unpaired) electrons. The Labute approximate surface area is 126 Å². The van der Waals surface area contributed by atoms with Gasteiger partial charge in [-0.05, 0) is 30.7 Å². The first-order valence-corrected chi connectivity index (χ1v) is 6.66. The minimum Gasteiger partial charge on any atom is -0.379 e. The molecule has 0 aliphatic rings. The number of hydrogen-bond donors (Lipinski definition) is 1. The molecule has 1 N–H and O–H groups in total. The van der Waals surface area contributed by atoms with E-state index in [0.717, 1.165) is 11.3 Å². The zero-order chi connectivity index (χ0) is 14.7. The molecule has 6 heteroatoms. The molecular weight excluding hydrogens is 299 g/mol. The van der Waals surface area contributed by atoms with Gasteiger partial charge in [0.1, 0.15) is 0 Å². The molecule has 0 aliphatic heterocycles. The Morgan fingerprint density at radius 1 is 1.20 bits per heavy atom. The van der Waals surface area contributed by atoms with Crippen LogP contribution in [0.4, 0.5) is 11.4 Å². The molecule has 0 aromatic heterocycles. The number of halogens is 2. The van der Waals surface area contributed by atoms with Crippen LogP contribution in [0.3, 0.4) is 0 Å². The second-order valence-corrected chi connectivity index (χ2v) is 5.15. The van der Waals surface area contributed by atoms with Crippen LogP contribution in [0.25, 0.3) is 0 Å². The van der Waals surface area contributed by atoms with E-state index in [9.17, 15) is 10.1 Å². The Kier molecular flexibility index (Phi) is 4.47. The summed E-state index contributed by atoms with van der Waals surface area (Å²) >= 11 is 12.1. The van der Waals surface area contributed by atoms with Crippen molar-refractivity contribution in [2.75, 3.05) is 5.32 Å². The predicted molar refractivity (Wildman–Crippen MR) is 81.6 cm³/mol. The number of nitrogens with zero attached hydrogens (tertiary/aromatic N) is 1. The van der Waals surface area contributed by atoms with Crippen LogP contribution in [-0.2, 0) is 6.54 Å². The van der Waals surface area contributed by atoms with Gasteiger partial charge >= 0.3 is 0 Å². The average molecular weight is 311 g/mol. The molecule has 0 saturated carbocycles. The highest BCUT2D eigenvalue weighted by Gasteiger charge is 2.16. The summed E-state index contributed by atoms with van der Waals surface area (Å²) in [5.74, 6) is 0. The second-order valence-electron chi connectivity index (χ2n) is 4.33. The standard InChI is InChI=1S/C14H12Cl2N2O2/c1-9-5-6-12(16)13(7-9)17-8-10-11(15)3-2-4-14(10)18(19)20/h2-7,17H,8H2,1H3. The van der Waals surface area contributed by atoms with Gasteiger partial charge < -0.3 is 5.32 Å². The molecule has 0 spiro atoms. The molecule has 0 heterocycles. The third-order valence-electron chi connectivity index (χ3n) is 2.87. The molecule has 104 valence electrons. The summed E-state index contributed by atoms with van der Waals surface area (Å²) in [5.41, 5.74) is 2.21. The van der Waals surface area contributed by atoms with Crippen molar-refractivity contribution < 1.29 is 4.92 Å². The van der Waals surface area contributed by atoms with Gasteiger partial charge in [-0.15, -0.1) is 0 Å². The number of rotatable bonds is 4. The summed E-state index contributed by atoms with van der Waals surface area (Å²) < 4.78 is 0. The first-order chi connectivity index (χ1) is 9.49. The summed E-state index contributed by atoms with van der Waals surface area (Å²) in [5, 5.41) is 15.0. The number of nitrogens with one attached hydrogen (secondary N) is 1. The van der Waals surface area contributed by atoms with Crippen LogP contribution in [0.2, 0.25) is 10.0 Å². The Bertz CT molecular complexity index is 660. The van der Waals surface area contributed by atoms with Crippen LogP contribution in [0.1, 0.15) is 11.1 Å². The fraction of sp³-hybridized carbons (Fsp3) is 0.143. The van der Waals surface area contributed by atoms with Crippen LogP contribution in [0, 0.1) is 17.0 Å². The molecule has 20 heavy (non-hydrogen) atoms. The molecule has 4 nitrogen and oxygen atoms in total. The number of nitro groups is 1. The Balaban J connectivity index is 2.27. The van der Waals surface area contributed by atoms with Gasteiger partial charge in [0.05, 0.1) is 26.2 Å². The van der Waals surface area contributed by atoms with Crippen molar-refractivity contribution in [2.24, 2.45) is 0 Å². The van der Waals surface area contributed by atoms with Crippen molar-refractivity contribution in [1.82, 2.24) is 0 Å². The zero-order valence-corrected chi connectivity index (χ0v) is 12.2. The lowest BCUT2D eigenvalue weighted by atomic mass is 10.1. The average Bonchev–Trinajstić information content (AvgIpc) is 2.40. The molecule has 2 aromatic carbocycles. The van der Waals surface area contributed by atoms with Gasteiger partial charge in [0.15, 0.2) is 0 Å². The van der Waals surface area contributed by atoms with E-state index >= 15 is 0 Å². The van der Waals surface area contributed by atoms with Gasteiger partial charge in [0.2, 0.25) is 0 Å². The maximum atomic E-state index is 11.0. The van der Waals surface area contributed by atoms with Crippen molar-refractivity contribution in [1.29, 1.82) is 0 Å². The second kappa shape index (κ2) is 6.11. The molecule has 2 aromatic rings. The number of aryl methyl sites for hydroxylation is 1. The zero-order valence-electron chi connectivity index (χ0n) is 10.7. The highest BCUT2D eigenvalue weighted by atomic mass is 35.5. The quantitative estimate of drug-likeness (QED) is 0.650. The van der Waals surface area contributed by atoms with Crippen molar-refractivity contribution in [3.63, 3.8) is 0 Å². The summed E-state index contributed by atoms with van der Waals surface area (Å²) in [6.45, 7) is 2.18. The van der Waals surface area contributed by atoms with Gasteiger partial charge in [0.25, 0.3) is 5.69 Å². The lowest BCUT2D eigenvalue weighted by molar-refractivity contribution is -0.385. The lowest BCUT2D eigenvalue weighted by Crippen LogP contribution is -2.04. The van der Waals surface area contributed by atoms with Crippen LogP contribution >= 0.6 is 23.2 Å². The largest absolute Gasteiger partial charge is 0.379 e. The number of nitro benzene ring substituents is 1. The SMILES string of the molecule is Cc1ccc(Cl)c(NCc2c(Cl)cccc2[N+](=O)[O-])c1. The Morgan fingerprint density at radius 3 is 2.65 bits per heavy atom. The van der Waals surface area contributed by atoms with E-state index in [1.807, 2.05) is 19.1 Å². The lowest BCUT2D eigenvalue weighted by Gasteiger charge is -2.10. The van der Waals surface area contributed by atoms with E-state index in [1.54, 1.807) is 18.2 Å². The fourth-order valence-electron chi connectivity index (χ4n) is 1.85. The van der Waals surface area contributed by atoms with Crippen LogP contribution < -0.4 is 5.32 Å². The van der Waals surface area contributed by atoms with Crippen LogP contribution in [0.5, 0.6) is 0 Å². The maximum absolute atomic E-state index is 11.0. The molecule has 0 unspecified atom stereocenters. The van der Waals surface area contributed by atoms with Crippen molar-refractivity contribution >= 4 is 34.6 Å². The minimum atomic E-state index is -0.444.